The summed E-state index contributed by atoms with van der Waals surface area (Å²) in [6.45, 7) is 8.24. The van der Waals surface area contributed by atoms with Crippen LogP contribution >= 0.6 is 0 Å². The molecule has 1 aromatic heterocycles. The van der Waals surface area contributed by atoms with Crippen molar-refractivity contribution in [2.75, 3.05) is 13.7 Å². The molecule has 38 heavy (non-hydrogen) atoms. The van der Waals surface area contributed by atoms with Gasteiger partial charge in [-0.2, -0.15) is 0 Å². The van der Waals surface area contributed by atoms with E-state index < -0.39 is 23.5 Å². The van der Waals surface area contributed by atoms with Crippen molar-refractivity contribution in [3.8, 4) is 28.3 Å². The fourth-order valence-corrected chi connectivity index (χ4v) is 4.60. The molecule has 1 N–H and O–H groups in total. The van der Waals surface area contributed by atoms with E-state index in [-0.39, 0.29) is 34.1 Å². The first-order valence-electron chi connectivity index (χ1n) is 11.6. The van der Waals surface area contributed by atoms with Crippen molar-refractivity contribution in [1.82, 2.24) is 14.9 Å². The predicted octanol–water partition coefficient (Wildman–Crippen LogP) is 6.07. The molecular weight excluding hydrogens is 504 g/mol. The maximum absolute atomic E-state index is 14.6. The predicted molar refractivity (Wildman–Crippen MR) is 132 cm³/mol. The fourth-order valence-electron chi connectivity index (χ4n) is 4.60. The van der Waals surface area contributed by atoms with E-state index in [9.17, 15) is 22.4 Å². The summed E-state index contributed by atoms with van der Waals surface area (Å²) in [4.78, 5) is 22.2. The molecule has 1 saturated heterocycles. The van der Waals surface area contributed by atoms with Crippen LogP contribution in [0.4, 0.5) is 23.2 Å². The number of alkyl halides is 3. The molecule has 1 unspecified atom stereocenters. The number of rotatable bonds is 5. The maximum atomic E-state index is 14.6. The van der Waals surface area contributed by atoms with Crippen LogP contribution in [0.1, 0.15) is 24.7 Å². The number of ether oxygens (including phenoxy) is 2. The van der Waals surface area contributed by atoms with Gasteiger partial charge in [0.15, 0.2) is 17.3 Å². The topological polar surface area (TPSA) is 69.7 Å². The quantitative estimate of drug-likeness (QED) is 0.253. The van der Waals surface area contributed by atoms with Crippen molar-refractivity contribution in [3.63, 3.8) is 0 Å². The van der Waals surface area contributed by atoms with Crippen molar-refractivity contribution in [3.05, 3.63) is 88.0 Å². The van der Waals surface area contributed by atoms with Gasteiger partial charge in [0.1, 0.15) is 11.6 Å². The van der Waals surface area contributed by atoms with Gasteiger partial charge in [-0.05, 0) is 66.9 Å². The summed E-state index contributed by atoms with van der Waals surface area (Å²) in [7, 11) is 1.34. The number of nitrogens with one attached hydrogen (secondary N) is 1. The molecule has 0 saturated carbocycles. The van der Waals surface area contributed by atoms with Crippen molar-refractivity contribution in [1.29, 1.82) is 0 Å². The summed E-state index contributed by atoms with van der Waals surface area (Å²) >= 11 is 0. The van der Waals surface area contributed by atoms with Gasteiger partial charge in [-0.15, -0.1) is 13.2 Å². The van der Waals surface area contributed by atoms with Crippen LogP contribution < -0.4 is 20.3 Å². The lowest BCUT2D eigenvalue weighted by Crippen LogP contribution is -2.29. The molecule has 0 spiro atoms. The summed E-state index contributed by atoms with van der Waals surface area (Å²) in [5.74, 6) is -0.677. The summed E-state index contributed by atoms with van der Waals surface area (Å²) < 4.78 is 62.8. The first-order valence-corrected chi connectivity index (χ1v) is 11.6. The monoisotopic (exact) mass is 524 g/mol. The molecule has 194 valence electrons. The van der Waals surface area contributed by atoms with Crippen molar-refractivity contribution < 1.29 is 27.0 Å². The van der Waals surface area contributed by atoms with E-state index in [1.54, 1.807) is 6.07 Å². The Kier molecular flexibility index (Phi) is 6.50. The molecule has 11 heteroatoms. The van der Waals surface area contributed by atoms with Crippen LogP contribution in [-0.2, 0) is 0 Å². The highest BCUT2D eigenvalue weighted by Crippen LogP contribution is 2.35. The number of hydrogen-bond donors (Lipinski definition) is 1. The summed E-state index contributed by atoms with van der Waals surface area (Å²) in [6, 6.07) is 11.9. The maximum Gasteiger partial charge on any atom is 0.573 e. The van der Waals surface area contributed by atoms with Gasteiger partial charge in [0.2, 0.25) is 0 Å². The van der Waals surface area contributed by atoms with E-state index in [4.69, 9.17) is 16.3 Å². The molecular formula is C27H20F4N4O3. The Morgan fingerprint density at radius 2 is 1.89 bits per heavy atom. The van der Waals surface area contributed by atoms with Gasteiger partial charge in [-0.1, -0.05) is 12.1 Å². The van der Waals surface area contributed by atoms with Crippen molar-refractivity contribution in [2.24, 2.45) is 0 Å². The molecule has 4 aromatic rings. The zero-order valence-electron chi connectivity index (χ0n) is 20.0. The Bertz CT molecular complexity index is 1620. The Labute approximate surface area is 214 Å². The number of nitrogens with zero attached hydrogens (tertiary/aromatic N) is 3. The normalized spacial score (nSPS) is 15.4. The van der Waals surface area contributed by atoms with E-state index in [2.05, 4.69) is 14.9 Å². The first-order chi connectivity index (χ1) is 18.2. The van der Waals surface area contributed by atoms with Crippen LogP contribution in [0.2, 0.25) is 0 Å². The zero-order valence-corrected chi connectivity index (χ0v) is 20.0. The molecule has 7 nitrogen and oxygen atoms in total. The average molecular weight is 524 g/mol. The van der Waals surface area contributed by atoms with Gasteiger partial charge < -0.3 is 14.8 Å². The van der Waals surface area contributed by atoms with Crippen LogP contribution in [0.15, 0.2) is 59.4 Å². The third-order valence-electron chi connectivity index (χ3n) is 6.28. The lowest BCUT2D eigenvalue weighted by molar-refractivity contribution is -0.274. The van der Waals surface area contributed by atoms with E-state index in [0.717, 1.165) is 18.6 Å². The van der Waals surface area contributed by atoms with Gasteiger partial charge in [0.25, 0.3) is 5.56 Å². The van der Waals surface area contributed by atoms with Crippen LogP contribution in [-0.4, -0.2) is 29.6 Å². The van der Waals surface area contributed by atoms with E-state index in [1.807, 2.05) is 0 Å². The molecule has 0 aliphatic carbocycles. The number of methoxy groups -OCH3 is 1. The molecule has 0 radical (unpaired) electrons. The number of fused-ring (bicyclic) bond motifs is 1. The molecule has 2 heterocycles. The molecule has 1 aliphatic rings. The Balaban J connectivity index is 1.76. The fraction of sp³-hybridized carbons (Fsp3) is 0.222. The van der Waals surface area contributed by atoms with Gasteiger partial charge >= 0.3 is 6.36 Å². The smallest absolute Gasteiger partial charge is 0.494 e. The molecule has 1 atom stereocenters. The highest BCUT2D eigenvalue weighted by atomic mass is 19.4. The molecule has 1 fully saturated rings. The lowest BCUT2D eigenvalue weighted by Gasteiger charge is -2.20. The molecule has 1 aliphatic heterocycles. The van der Waals surface area contributed by atoms with Crippen LogP contribution in [0.5, 0.6) is 11.5 Å². The molecule has 0 amide bonds. The Morgan fingerprint density at radius 1 is 1.13 bits per heavy atom. The Hall–Kier alpha value is -4.43. The third-order valence-corrected chi connectivity index (χ3v) is 6.28. The van der Waals surface area contributed by atoms with Gasteiger partial charge in [0, 0.05) is 6.07 Å². The second kappa shape index (κ2) is 9.79. The number of hydrogen-bond acceptors (Lipinski definition) is 5. The summed E-state index contributed by atoms with van der Waals surface area (Å²) in [6.07, 6.45) is -3.30. The number of halogens is 4. The summed E-state index contributed by atoms with van der Waals surface area (Å²) in [5, 5.41) is 3.42. The second-order valence-electron chi connectivity index (χ2n) is 8.65. The molecule has 0 bridgehead atoms. The van der Waals surface area contributed by atoms with E-state index in [1.165, 1.54) is 48.1 Å². The minimum atomic E-state index is -4.84. The minimum Gasteiger partial charge on any atom is -0.494 e. The van der Waals surface area contributed by atoms with Crippen molar-refractivity contribution in [2.45, 2.75) is 25.2 Å². The first kappa shape index (κ1) is 25.2. The second-order valence-corrected chi connectivity index (χ2v) is 8.65. The molecule has 5 rings (SSSR count). The van der Waals surface area contributed by atoms with E-state index in [0.29, 0.717) is 29.9 Å². The van der Waals surface area contributed by atoms with Gasteiger partial charge in [-0.3, -0.25) is 9.36 Å². The third kappa shape index (κ3) is 4.78. The zero-order chi connectivity index (χ0) is 27.0. The van der Waals surface area contributed by atoms with Crippen LogP contribution in [0, 0.1) is 12.4 Å². The number of aromatic nitrogens is 2. The minimum absolute atomic E-state index is 0.0200. The highest BCUT2D eigenvalue weighted by Gasteiger charge is 2.31. The summed E-state index contributed by atoms with van der Waals surface area (Å²) in [5.41, 5.74) is 1.00. The van der Waals surface area contributed by atoms with Crippen LogP contribution in [0.3, 0.4) is 0 Å². The SMILES string of the molecule is [C-]#[N+]c1cc(-c2ccc(OC(F)(F)F)cc2)c2nc(C3CCCN3)n(-c3ccc(OC)c(F)c3)c(=O)c2c1. The van der Waals surface area contributed by atoms with Crippen LogP contribution in [0.25, 0.3) is 32.6 Å². The Morgan fingerprint density at radius 3 is 2.50 bits per heavy atom. The average Bonchev–Trinajstić information content (AvgIpc) is 3.43. The van der Waals surface area contributed by atoms with Gasteiger partial charge in [-0.25, -0.2) is 14.2 Å². The van der Waals surface area contributed by atoms with Crippen molar-refractivity contribution >= 4 is 16.6 Å². The largest absolute Gasteiger partial charge is 0.573 e. The highest BCUT2D eigenvalue weighted by molar-refractivity contribution is 5.96. The lowest BCUT2D eigenvalue weighted by atomic mass is 10.0. The number of benzene rings is 3. The standard InChI is InChI=1S/C27H20F4N4O3/c1-32-16-12-19(15-5-8-18(9-6-15)38-27(29,30)31)24-20(13-16)26(36)35(25(34-24)22-4-3-11-33-22)17-7-10-23(37-2)21(28)14-17/h5-10,12-14,22,33H,3-4,11H2,2H3. The van der Waals surface area contributed by atoms with Gasteiger partial charge in [0.05, 0.1) is 36.3 Å². The van der Waals surface area contributed by atoms with E-state index >= 15 is 0 Å². The molecule has 3 aromatic carbocycles.